The second-order valence-corrected chi connectivity index (χ2v) is 7.36. The molecular formula is C18H36N2. The van der Waals surface area contributed by atoms with Crippen molar-refractivity contribution in [1.29, 1.82) is 0 Å². The summed E-state index contributed by atoms with van der Waals surface area (Å²) in [6, 6.07) is 0. The highest BCUT2D eigenvalue weighted by atomic mass is 14.7. The lowest BCUT2D eigenvalue weighted by Crippen LogP contribution is -2.48. The zero-order valence-corrected chi connectivity index (χ0v) is 13.4. The molecule has 0 aromatic carbocycles. The number of hydrogen-bond donors (Lipinski definition) is 2. The first kappa shape index (κ1) is 16.3. The second kappa shape index (κ2) is 8.38. The Bertz CT molecular complexity index is 258. The molecule has 0 aliphatic heterocycles. The molecule has 2 fully saturated rings. The van der Waals surface area contributed by atoms with Crippen molar-refractivity contribution in [3.63, 3.8) is 0 Å². The van der Waals surface area contributed by atoms with Crippen molar-refractivity contribution < 1.29 is 0 Å². The summed E-state index contributed by atoms with van der Waals surface area (Å²) < 4.78 is 0. The fourth-order valence-electron chi connectivity index (χ4n) is 5.05. The predicted octanol–water partition coefficient (Wildman–Crippen LogP) is 4.22. The van der Waals surface area contributed by atoms with E-state index < -0.39 is 0 Å². The van der Waals surface area contributed by atoms with Crippen LogP contribution in [0.4, 0.5) is 0 Å². The van der Waals surface area contributed by atoms with Gasteiger partial charge in [-0.05, 0) is 56.0 Å². The fraction of sp³-hybridized carbons (Fsp3) is 1.00. The molecule has 0 saturated heterocycles. The minimum atomic E-state index is 0.368. The van der Waals surface area contributed by atoms with E-state index in [0.717, 1.165) is 19.0 Å². The highest BCUT2D eigenvalue weighted by Crippen LogP contribution is 2.48. The van der Waals surface area contributed by atoms with Gasteiger partial charge in [0.2, 0.25) is 0 Å². The average molecular weight is 280 g/mol. The molecule has 0 heterocycles. The van der Waals surface area contributed by atoms with E-state index in [1.165, 1.54) is 83.5 Å². The first-order chi connectivity index (χ1) is 9.83. The number of hydrogen-bond acceptors (Lipinski definition) is 2. The van der Waals surface area contributed by atoms with Crippen LogP contribution >= 0.6 is 0 Å². The molecule has 0 amide bonds. The van der Waals surface area contributed by atoms with Crippen LogP contribution in [0.1, 0.15) is 83.5 Å². The standard InChI is InChI=1S/C18H36N2/c19-14-17-12-8-4-5-9-13-18(17,15-20)16-10-6-2-1-3-7-11-16/h16-17H,1-15,19-20H2. The minimum absolute atomic E-state index is 0.368. The van der Waals surface area contributed by atoms with Crippen molar-refractivity contribution in [2.45, 2.75) is 83.5 Å². The Morgan fingerprint density at radius 1 is 0.700 bits per heavy atom. The van der Waals surface area contributed by atoms with Gasteiger partial charge in [-0.1, -0.05) is 57.8 Å². The number of nitrogens with two attached hydrogens (primary N) is 2. The van der Waals surface area contributed by atoms with Gasteiger partial charge in [-0.2, -0.15) is 0 Å². The van der Waals surface area contributed by atoms with Gasteiger partial charge in [0.15, 0.2) is 0 Å². The molecule has 20 heavy (non-hydrogen) atoms. The lowest BCUT2D eigenvalue weighted by Gasteiger charge is -2.48. The Morgan fingerprint density at radius 2 is 1.25 bits per heavy atom. The molecule has 2 saturated carbocycles. The van der Waals surface area contributed by atoms with Crippen molar-refractivity contribution in [1.82, 2.24) is 0 Å². The van der Waals surface area contributed by atoms with E-state index in [-0.39, 0.29) is 0 Å². The van der Waals surface area contributed by atoms with Crippen molar-refractivity contribution in [3.05, 3.63) is 0 Å². The van der Waals surface area contributed by atoms with Gasteiger partial charge in [0.1, 0.15) is 0 Å². The Labute approximate surface area is 126 Å². The van der Waals surface area contributed by atoms with E-state index in [1.54, 1.807) is 0 Å². The maximum atomic E-state index is 6.39. The van der Waals surface area contributed by atoms with Gasteiger partial charge in [-0.3, -0.25) is 0 Å². The fourth-order valence-corrected chi connectivity index (χ4v) is 5.05. The predicted molar refractivity (Wildman–Crippen MR) is 87.5 cm³/mol. The molecule has 0 aromatic heterocycles. The summed E-state index contributed by atoms with van der Waals surface area (Å²) in [7, 11) is 0. The van der Waals surface area contributed by atoms with Gasteiger partial charge in [0.25, 0.3) is 0 Å². The van der Waals surface area contributed by atoms with Crippen LogP contribution in [0.15, 0.2) is 0 Å². The van der Waals surface area contributed by atoms with Crippen LogP contribution in [-0.4, -0.2) is 13.1 Å². The second-order valence-electron chi connectivity index (χ2n) is 7.36. The third-order valence-electron chi connectivity index (χ3n) is 6.34. The average Bonchev–Trinajstić information content (AvgIpc) is 2.40. The van der Waals surface area contributed by atoms with Crippen LogP contribution < -0.4 is 11.5 Å². The topological polar surface area (TPSA) is 52.0 Å². The van der Waals surface area contributed by atoms with Gasteiger partial charge in [0, 0.05) is 0 Å². The van der Waals surface area contributed by atoms with Crippen LogP contribution in [0.2, 0.25) is 0 Å². The quantitative estimate of drug-likeness (QED) is 0.813. The monoisotopic (exact) mass is 280 g/mol. The van der Waals surface area contributed by atoms with E-state index in [4.69, 9.17) is 11.5 Å². The molecule has 4 N–H and O–H groups in total. The molecule has 2 rings (SSSR count). The third kappa shape index (κ3) is 3.76. The van der Waals surface area contributed by atoms with Crippen molar-refractivity contribution in [3.8, 4) is 0 Å². The van der Waals surface area contributed by atoms with Crippen LogP contribution in [0.5, 0.6) is 0 Å². The van der Waals surface area contributed by atoms with Crippen LogP contribution in [0, 0.1) is 17.3 Å². The van der Waals surface area contributed by atoms with E-state index in [0.29, 0.717) is 11.3 Å². The SMILES string of the molecule is NCC1CCCCCCC1(CN)C1CCCCCCC1. The number of rotatable bonds is 3. The van der Waals surface area contributed by atoms with E-state index >= 15 is 0 Å². The zero-order valence-electron chi connectivity index (χ0n) is 13.4. The molecule has 2 aliphatic carbocycles. The largest absolute Gasteiger partial charge is 0.330 e. The maximum Gasteiger partial charge on any atom is -0.00147 e. The van der Waals surface area contributed by atoms with Crippen molar-refractivity contribution in [2.75, 3.05) is 13.1 Å². The molecule has 2 heteroatoms. The molecule has 0 spiro atoms. The van der Waals surface area contributed by atoms with Gasteiger partial charge < -0.3 is 11.5 Å². The van der Waals surface area contributed by atoms with Crippen LogP contribution in [0.25, 0.3) is 0 Å². The molecule has 2 aliphatic rings. The molecule has 2 nitrogen and oxygen atoms in total. The Balaban J connectivity index is 2.16. The van der Waals surface area contributed by atoms with Gasteiger partial charge >= 0.3 is 0 Å². The van der Waals surface area contributed by atoms with Crippen LogP contribution in [0.3, 0.4) is 0 Å². The maximum absolute atomic E-state index is 6.39. The summed E-state index contributed by atoms with van der Waals surface area (Å²) in [5.41, 5.74) is 13.0. The first-order valence-corrected chi connectivity index (χ1v) is 9.23. The minimum Gasteiger partial charge on any atom is -0.330 e. The molecule has 0 radical (unpaired) electrons. The Morgan fingerprint density at radius 3 is 1.85 bits per heavy atom. The summed E-state index contributed by atoms with van der Waals surface area (Å²) in [5, 5.41) is 0. The summed E-state index contributed by atoms with van der Waals surface area (Å²) in [6.45, 7) is 1.73. The molecular weight excluding hydrogens is 244 g/mol. The lowest BCUT2D eigenvalue weighted by atomic mass is 9.58. The highest BCUT2D eigenvalue weighted by molar-refractivity contribution is 4.94. The molecule has 0 aromatic rings. The highest BCUT2D eigenvalue weighted by Gasteiger charge is 2.42. The van der Waals surface area contributed by atoms with Crippen molar-refractivity contribution >= 4 is 0 Å². The van der Waals surface area contributed by atoms with Gasteiger partial charge in [0.05, 0.1) is 0 Å². The molecule has 2 unspecified atom stereocenters. The smallest absolute Gasteiger partial charge is 0.00147 e. The summed E-state index contributed by atoms with van der Waals surface area (Å²) in [4.78, 5) is 0. The summed E-state index contributed by atoms with van der Waals surface area (Å²) in [6.07, 6.45) is 18.2. The molecule has 118 valence electrons. The molecule has 0 bridgehead atoms. The van der Waals surface area contributed by atoms with Gasteiger partial charge in [-0.15, -0.1) is 0 Å². The lowest BCUT2D eigenvalue weighted by molar-refractivity contribution is 0.0373. The van der Waals surface area contributed by atoms with E-state index in [1.807, 2.05) is 0 Å². The third-order valence-corrected chi connectivity index (χ3v) is 6.34. The molecule has 2 atom stereocenters. The zero-order chi connectivity index (χ0) is 14.3. The summed E-state index contributed by atoms with van der Waals surface area (Å²) >= 11 is 0. The van der Waals surface area contributed by atoms with E-state index in [2.05, 4.69) is 0 Å². The van der Waals surface area contributed by atoms with Gasteiger partial charge in [-0.25, -0.2) is 0 Å². The first-order valence-electron chi connectivity index (χ1n) is 9.23. The van der Waals surface area contributed by atoms with Crippen molar-refractivity contribution in [2.24, 2.45) is 28.7 Å². The Hall–Kier alpha value is -0.0800. The normalized spacial score (nSPS) is 34.8. The summed E-state index contributed by atoms with van der Waals surface area (Å²) in [5.74, 6) is 1.52. The van der Waals surface area contributed by atoms with Crippen LogP contribution in [-0.2, 0) is 0 Å². The Kier molecular flexibility index (Phi) is 6.83. The van der Waals surface area contributed by atoms with E-state index in [9.17, 15) is 0 Å².